The van der Waals surface area contributed by atoms with Gasteiger partial charge in [0.15, 0.2) is 0 Å². The minimum absolute atomic E-state index is 0.141. The van der Waals surface area contributed by atoms with Crippen molar-refractivity contribution in [3.63, 3.8) is 0 Å². The molecule has 2 atom stereocenters. The van der Waals surface area contributed by atoms with Crippen molar-refractivity contribution in [3.05, 3.63) is 0 Å². The minimum atomic E-state index is -0.758. The fraction of sp³-hybridized carbons (Fsp3) is 0.846. The molecule has 0 bridgehead atoms. The van der Waals surface area contributed by atoms with Gasteiger partial charge < -0.3 is 10.0 Å². The van der Waals surface area contributed by atoms with E-state index in [-0.39, 0.29) is 18.2 Å². The van der Waals surface area contributed by atoms with E-state index in [1.165, 1.54) is 0 Å². The summed E-state index contributed by atoms with van der Waals surface area (Å²) >= 11 is 0. The van der Waals surface area contributed by atoms with Gasteiger partial charge in [-0.05, 0) is 24.7 Å². The minimum Gasteiger partial charge on any atom is -0.481 e. The highest BCUT2D eigenvalue weighted by atomic mass is 16.4. The maximum atomic E-state index is 12.0. The zero-order valence-electron chi connectivity index (χ0n) is 10.8. The molecule has 0 aromatic carbocycles. The lowest BCUT2D eigenvalue weighted by Crippen LogP contribution is -2.41. The summed E-state index contributed by atoms with van der Waals surface area (Å²) < 4.78 is 0. The van der Waals surface area contributed by atoms with E-state index in [0.717, 1.165) is 25.8 Å². The molecule has 17 heavy (non-hydrogen) atoms. The van der Waals surface area contributed by atoms with Crippen molar-refractivity contribution >= 4 is 11.9 Å². The Balaban J connectivity index is 2.43. The molecule has 0 aromatic heterocycles. The van der Waals surface area contributed by atoms with Crippen LogP contribution in [0.25, 0.3) is 0 Å². The first-order valence-electron chi connectivity index (χ1n) is 6.52. The van der Waals surface area contributed by atoms with Gasteiger partial charge in [0.1, 0.15) is 0 Å². The number of rotatable bonds is 5. The van der Waals surface area contributed by atoms with Crippen LogP contribution >= 0.6 is 0 Å². The van der Waals surface area contributed by atoms with Crippen molar-refractivity contribution < 1.29 is 14.7 Å². The topological polar surface area (TPSA) is 57.6 Å². The van der Waals surface area contributed by atoms with Crippen LogP contribution < -0.4 is 0 Å². The average Bonchev–Trinajstić information content (AvgIpc) is 2.28. The van der Waals surface area contributed by atoms with Crippen molar-refractivity contribution in [2.45, 2.75) is 46.0 Å². The first-order chi connectivity index (χ1) is 8.02. The predicted molar refractivity (Wildman–Crippen MR) is 65.6 cm³/mol. The maximum Gasteiger partial charge on any atom is 0.303 e. The molecule has 0 spiro atoms. The summed E-state index contributed by atoms with van der Waals surface area (Å²) in [6.07, 6.45) is 3.66. The fourth-order valence-corrected chi connectivity index (χ4v) is 2.28. The van der Waals surface area contributed by atoms with Gasteiger partial charge in [-0.3, -0.25) is 9.59 Å². The number of piperidine rings is 1. The van der Waals surface area contributed by atoms with E-state index in [1.54, 1.807) is 0 Å². The van der Waals surface area contributed by atoms with Gasteiger partial charge in [0.2, 0.25) is 5.91 Å². The van der Waals surface area contributed by atoms with E-state index in [4.69, 9.17) is 5.11 Å². The van der Waals surface area contributed by atoms with Crippen LogP contribution in [0.2, 0.25) is 0 Å². The molecule has 1 rings (SSSR count). The SMILES string of the molecule is CCC(C)CC(=O)N1CCCC(CC(=O)O)C1. The van der Waals surface area contributed by atoms with Crippen molar-refractivity contribution in [3.8, 4) is 0 Å². The van der Waals surface area contributed by atoms with E-state index in [2.05, 4.69) is 13.8 Å². The molecule has 1 aliphatic heterocycles. The standard InChI is InChI=1S/C13H23NO3/c1-3-10(2)7-12(15)14-6-4-5-11(9-14)8-13(16)17/h10-11H,3-9H2,1-2H3,(H,16,17). The molecule has 0 saturated carbocycles. The summed E-state index contributed by atoms with van der Waals surface area (Å²) in [6, 6.07) is 0. The molecular formula is C13H23NO3. The van der Waals surface area contributed by atoms with E-state index in [1.807, 2.05) is 4.90 Å². The second-order valence-electron chi connectivity index (χ2n) is 5.16. The Hall–Kier alpha value is -1.06. The number of hydrogen-bond donors (Lipinski definition) is 1. The molecule has 2 unspecified atom stereocenters. The number of likely N-dealkylation sites (tertiary alicyclic amines) is 1. The lowest BCUT2D eigenvalue weighted by Gasteiger charge is -2.32. The van der Waals surface area contributed by atoms with Gasteiger partial charge in [-0.15, -0.1) is 0 Å². The molecule has 0 aromatic rings. The van der Waals surface area contributed by atoms with Crippen LogP contribution in [0.15, 0.2) is 0 Å². The summed E-state index contributed by atoms with van der Waals surface area (Å²) in [5.41, 5.74) is 0. The molecule has 1 N–H and O–H groups in total. The lowest BCUT2D eigenvalue weighted by atomic mass is 9.94. The maximum absolute atomic E-state index is 12.0. The number of carboxylic acid groups (broad SMARTS) is 1. The fourth-order valence-electron chi connectivity index (χ4n) is 2.28. The second kappa shape index (κ2) is 6.62. The van der Waals surface area contributed by atoms with Crippen LogP contribution in [0.1, 0.15) is 46.0 Å². The monoisotopic (exact) mass is 241 g/mol. The summed E-state index contributed by atoms with van der Waals surface area (Å²) in [5, 5.41) is 8.77. The van der Waals surface area contributed by atoms with Crippen molar-refractivity contribution in [1.82, 2.24) is 4.90 Å². The highest BCUT2D eigenvalue weighted by Crippen LogP contribution is 2.21. The molecule has 1 aliphatic rings. The molecule has 1 fully saturated rings. The van der Waals surface area contributed by atoms with Gasteiger partial charge in [0.05, 0.1) is 0 Å². The quantitative estimate of drug-likeness (QED) is 0.802. The third kappa shape index (κ3) is 4.75. The van der Waals surface area contributed by atoms with Crippen LogP contribution in [0.4, 0.5) is 0 Å². The second-order valence-corrected chi connectivity index (χ2v) is 5.16. The number of nitrogens with zero attached hydrogens (tertiary/aromatic N) is 1. The molecule has 98 valence electrons. The normalized spacial score (nSPS) is 22.2. The first-order valence-corrected chi connectivity index (χ1v) is 6.52. The zero-order chi connectivity index (χ0) is 12.8. The number of carboxylic acids is 1. The highest BCUT2D eigenvalue weighted by Gasteiger charge is 2.25. The first kappa shape index (κ1) is 14.0. The molecule has 1 saturated heterocycles. The molecule has 4 nitrogen and oxygen atoms in total. The van der Waals surface area contributed by atoms with Crippen LogP contribution in [-0.4, -0.2) is 35.0 Å². The number of carbonyl (C=O) groups excluding carboxylic acids is 1. The molecule has 4 heteroatoms. The van der Waals surface area contributed by atoms with Gasteiger partial charge >= 0.3 is 5.97 Å². The number of hydrogen-bond acceptors (Lipinski definition) is 2. The van der Waals surface area contributed by atoms with E-state index >= 15 is 0 Å². The predicted octanol–water partition coefficient (Wildman–Crippen LogP) is 2.14. The largest absolute Gasteiger partial charge is 0.481 e. The summed E-state index contributed by atoms with van der Waals surface area (Å²) in [4.78, 5) is 24.5. The van der Waals surface area contributed by atoms with Gasteiger partial charge in [0, 0.05) is 25.9 Å². The molecule has 0 radical (unpaired) electrons. The molecule has 1 heterocycles. The summed E-state index contributed by atoms with van der Waals surface area (Å²) in [5.74, 6) is -0.00912. The van der Waals surface area contributed by atoms with E-state index in [0.29, 0.717) is 18.9 Å². The van der Waals surface area contributed by atoms with Gasteiger partial charge in [-0.25, -0.2) is 0 Å². The van der Waals surface area contributed by atoms with Crippen LogP contribution in [-0.2, 0) is 9.59 Å². The van der Waals surface area contributed by atoms with Crippen molar-refractivity contribution in [2.75, 3.05) is 13.1 Å². The molecule has 1 amide bonds. The Bertz CT molecular complexity index is 278. The van der Waals surface area contributed by atoms with Gasteiger partial charge in [0.25, 0.3) is 0 Å². The third-order valence-corrected chi connectivity index (χ3v) is 3.55. The van der Waals surface area contributed by atoms with Crippen molar-refractivity contribution in [2.24, 2.45) is 11.8 Å². The van der Waals surface area contributed by atoms with Crippen LogP contribution in [0.5, 0.6) is 0 Å². The van der Waals surface area contributed by atoms with Gasteiger partial charge in [-0.2, -0.15) is 0 Å². The molecule has 0 aliphatic carbocycles. The number of amides is 1. The Kier molecular flexibility index (Phi) is 5.45. The smallest absolute Gasteiger partial charge is 0.303 e. The number of carbonyl (C=O) groups is 2. The zero-order valence-corrected chi connectivity index (χ0v) is 10.8. The van der Waals surface area contributed by atoms with E-state index < -0.39 is 5.97 Å². The average molecular weight is 241 g/mol. The lowest BCUT2D eigenvalue weighted by molar-refractivity contribution is -0.141. The van der Waals surface area contributed by atoms with E-state index in [9.17, 15) is 9.59 Å². The Morgan fingerprint density at radius 3 is 2.76 bits per heavy atom. The highest BCUT2D eigenvalue weighted by molar-refractivity contribution is 5.76. The van der Waals surface area contributed by atoms with Crippen LogP contribution in [0.3, 0.4) is 0 Å². The Morgan fingerprint density at radius 2 is 2.18 bits per heavy atom. The summed E-state index contributed by atoms with van der Waals surface area (Å²) in [7, 11) is 0. The van der Waals surface area contributed by atoms with Crippen LogP contribution in [0, 0.1) is 11.8 Å². The third-order valence-electron chi connectivity index (χ3n) is 3.55. The van der Waals surface area contributed by atoms with Crippen molar-refractivity contribution in [1.29, 1.82) is 0 Å². The Labute approximate surface area is 103 Å². The summed E-state index contributed by atoms with van der Waals surface area (Å²) in [6.45, 7) is 5.59. The Morgan fingerprint density at radius 1 is 1.47 bits per heavy atom. The van der Waals surface area contributed by atoms with Gasteiger partial charge in [-0.1, -0.05) is 20.3 Å². The number of aliphatic carboxylic acids is 1. The molecular weight excluding hydrogens is 218 g/mol.